The molecule has 1 aliphatic carbocycles. The van der Waals surface area contributed by atoms with Crippen molar-refractivity contribution in [2.24, 2.45) is 5.92 Å². The summed E-state index contributed by atoms with van der Waals surface area (Å²) >= 11 is 0. The summed E-state index contributed by atoms with van der Waals surface area (Å²) in [4.78, 5) is 14.2. The van der Waals surface area contributed by atoms with Gasteiger partial charge in [0.1, 0.15) is 5.82 Å². The van der Waals surface area contributed by atoms with Gasteiger partial charge in [-0.15, -0.1) is 0 Å². The molecule has 0 unspecified atom stereocenters. The normalized spacial score (nSPS) is 14.8. The fourth-order valence-corrected chi connectivity index (χ4v) is 2.11. The summed E-state index contributed by atoms with van der Waals surface area (Å²) in [5, 5.41) is 2.74. The lowest BCUT2D eigenvalue weighted by atomic mass is 10.2. The quantitative estimate of drug-likeness (QED) is 0.786. The van der Waals surface area contributed by atoms with Gasteiger partial charge in [0.2, 0.25) is 5.91 Å². The van der Waals surface area contributed by atoms with Crippen LogP contribution in [0.2, 0.25) is 0 Å². The SMILES string of the molecule is CC(C)N(CC(=O)Nc1ccc(F)cc1N)CC1CC1. The first-order valence-electron chi connectivity index (χ1n) is 7.04. The van der Waals surface area contributed by atoms with Gasteiger partial charge in [0.25, 0.3) is 0 Å². The van der Waals surface area contributed by atoms with Crippen LogP contribution < -0.4 is 11.1 Å². The summed E-state index contributed by atoms with van der Waals surface area (Å²) in [5.41, 5.74) is 6.39. The molecular formula is C15H22FN3O. The van der Waals surface area contributed by atoms with Gasteiger partial charge in [0.15, 0.2) is 0 Å². The largest absolute Gasteiger partial charge is 0.397 e. The predicted octanol–water partition coefficient (Wildman–Crippen LogP) is 2.47. The number of rotatable bonds is 6. The van der Waals surface area contributed by atoms with Crippen molar-refractivity contribution >= 4 is 17.3 Å². The molecule has 1 aliphatic rings. The van der Waals surface area contributed by atoms with Crippen molar-refractivity contribution in [3.05, 3.63) is 24.0 Å². The van der Waals surface area contributed by atoms with Crippen LogP contribution in [0.15, 0.2) is 18.2 Å². The summed E-state index contributed by atoms with van der Waals surface area (Å²) in [6.07, 6.45) is 2.52. The first-order chi connectivity index (χ1) is 9.45. The van der Waals surface area contributed by atoms with Crippen LogP contribution in [-0.4, -0.2) is 29.9 Å². The van der Waals surface area contributed by atoms with Crippen LogP contribution in [-0.2, 0) is 4.79 Å². The molecule has 0 saturated heterocycles. The van der Waals surface area contributed by atoms with Gasteiger partial charge in [-0.05, 0) is 50.8 Å². The van der Waals surface area contributed by atoms with E-state index in [1.807, 2.05) is 0 Å². The number of hydrogen-bond acceptors (Lipinski definition) is 3. The van der Waals surface area contributed by atoms with Crippen LogP contribution in [0.4, 0.5) is 15.8 Å². The number of halogens is 1. The van der Waals surface area contributed by atoms with E-state index in [0.717, 1.165) is 12.5 Å². The van der Waals surface area contributed by atoms with Crippen LogP contribution in [0.5, 0.6) is 0 Å². The molecule has 0 aliphatic heterocycles. The van der Waals surface area contributed by atoms with Crippen molar-refractivity contribution in [1.29, 1.82) is 0 Å². The second-order valence-corrected chi connectivity index (χ2v) is 5.75. The highest BCUT2D eigenvalue weighted by Crippen LogP contribution is 2.30. The van der Waals surface area contributed by atoms with Gasteiger partial charge in [-0.25, -0.2) is 4.39 Å². The smallest absolute Gasteiger partial charge is 0.238 e. The third-order valence-electron chi connectivity index (χ3n) is 3.55. The zero-order valence-corrected chi connectivity index (χ0v) is 12.0. The Labute approximate surface area is 119 Å². The molecule has 4 nitrogen and oxygen atoms in total. The van der Waals surface area contributed by atoms with E-state index in [9.17, 15) is 9.18 Å². The molecule has 2 rings (SSSR count). The molecule has 20 heavy (non-hydrogen) atoms. The average Bonchev–Trinajstić information content (AvgIpc) is 3.16. The molecule has 0 aromatic heterocycles. The molecule has 1 aromatic carbocycles. The lowest BCUT2D eigenvalue weighted by Gasteiger charge is -2.25. The molecule has 1 fully saturated rings. The van der Waals surface area contributed by atoms with E-state index >= 15 is 0 Å². The number of hydrogen-bond donors (Lipinski definition) is 2. The minimum Gasteiger partial charge on any atom is -0.397 e. The number of anilines is 2. The molecule has 0 heterocycles. The molecular weight excluding hydrogens is 257 g/mol. The molecule has 1 aromatic rings. The minimum atomic E-state index is -0.405. The summed E-state index contributed by atoms with van der Waals surface area (Å²) in [6.45, 7) is 5.47. The van der Waals surface area contributed by atoms with Crippen LogP contribution in [0, 0.1) is 11.7 Å². The average molecular weight is 279 g/mol. The summed E-state index contributed by atoms with van der Waals surface area (Å²) < 4.78 is 13.0. The molecule has 0 atom stereocenters. The first kappa shape index (κ1) is 14.8. The zero-order chi connectivity index (χ0) is 14.7. The highest BCUT2D eigenvalue weighted by atomic mass is 19.1. The minimum absolute atomic E-state index is 0.113. The molecule has 1 amide bonds. The van der Waals surface area contributed by atoms with Crippen molar-refractivity contribution in [3.63, 3.8) is 0 Å². The fourth-order valence-electron chi connectivity index (χ4n) is 2.11. The number of nitrogen functional groups attached to an aromatic ring is 1. The number of nitrogens with zero attached hydrogens (tertiary/aromatic N) is 1. The predicted molar refractivity (Wildman–Crippen MR) is 78.9 cm³/mol. The van der Waals surface area contributed by atoms with Crippen LogP contribution in [0.25, 0.3) is 0 Å². The number of carbonyl (C=O) groups excluding carboxylic acids is 1. The van der Waals surface area contributed by atoms with Gasteiger partial charge in [0, 0.05) is 12.6 Å². The van der Waals surface area contributed by atoms with Crippen molar-refractivity contribution in [3.8, 4) is 0 Å². The second-order valence-electron chi connectivity index (χ2n) is 5.75. The molecule has 0 radical (unpaired) electrons. The molecule has 3 N–H and O–H groups in total. The van der Waals surface area contributed by atoms with E-state index in [-0.39, 0.29) is 11.6 Å². The lowest BCUT2D eigenvalue weighted by Crippen LogP contribution is -2.39. The van der Waals surface area contributed by atoms with Gasteiger partial charge in [0.05, 0.1) is 17.9 Å². The van der Waals surface area contributed by atoms with E-state index in [1.54, 1.807) is 0 Å². The van der Waals surface area contributed by atoms with E-state index < -0.39 is 5.82 Å². The number of nitrogens with one attached hydrogen (secondary N) is 1. The van der Waals surface area contributed by atoms with Gasteiger partial charge < -0.3 is 11.1 Å². The van der Waals surface area contributed by atoms with Crippen LogP contribution in [0.3, 0.4) is 0 Å². The maximum Gasteiger partial charge on any atom is 0.238 e. The third kappa shape index (κ3) is 4.20. The summed E-state index contributed by atoms with van der Waals surface area (Å²) in [7, 11) is 0. The Hall–Kier alpha value is -1.62. The van der Waals surface area contributed by atoms with E-state index in [0.29, 0.717) is 18.3 Å². The number of benzene rings is 1. The Bertz CT molecular complexity index is 486. The highest BCUT2D eigenvalue weighted by molar-refractivity contribution is 5.95. The van der Waals surface area contributed by atoms with E-state index in [4.69, 9.17) is 5.73 Å². The van der Waals surface area contributed by atoms with Crippen molar-refractivity contribution in [1.82, 2.24) is 4.90 Å². The number of amides is 1. The Morgan fingerprint density at radius 3 is 2.75 bits per heavy atom. The van der Waals surface area contributed by atoms with E-state index in [2.05, 4.69) is 24.1 Å². The Kier molecular flexibility index (Phi) is 4.60. The number of carbonyl (C=O) groups is 1. The Morgan fingerprint density at radius 1 is 1.50 bits per heavy atom. The monoisotopic (exact) mass is 279 g/mol. The van der Waals surface area contributed by atoms with Gasteiger partial charge in [-0.2, -0.15) is 0 Å². The molecule has 0 bridgehead atoms. The van der Waals surface area contributed by atoms with Crippen molar-refractivity contribution in [2.75, 3.05) is 24.1 Å². The second kappa shape index (κ2) is 6.22. The summed E-state index contributed by atoms with van der Waals surface area (Å²) in [6, 6.07) is 4.31. The third-order valence-corrected chi connectivity index (χ3v) is 3.55. The Morgan fingerprint density at radius 2 is 2.20 bits per heavy atom. The van der Waals surface area contributed by atoms with Gasteiger partial charge >= 0.3 is 0 Å². The van der Waals surface area contributed by atoms with Gasteiger partial charge in [-0.1, -0.05) is 0 Å². The molecule has 0 spiro atoms. The Balaban J connectivity index is 1.92. The number of nitrogens with two attached hydrogens (primary N) is 1. The molecule has 5 heteroatoms. The van der Waals surface area contributed by atoms with Crippen molar-refractivity contribution < 1.29 is 9.18 Å². The zero-order valence-electron chi connectivity index (χ0n) is 12.0. The fraction of sp³-hybridized carbons (Fsp3) is 0.533. The summed E-state index contributed by atoms with van der Waals surface area (Å²) in [5.74, 6) is 0.219. The highest BCUT2D eigenvalue weighted by Gasteiger charge is 2.26. The molecule has 1 saturated carbocycles. The topological polar surface area (TPSA) is 58.4 Å². The van der Waals surface area contributed by atoms with Crippen LogP contribution >= 0.6 is 0 Å². The standard InChI is InChI=1S/C15H22FN3O/c1-10(2)19(8-11-3-4-11)9-15(20)18-14-6-5-12(16)7-13(14)17/h5-7,10-11H,3-4,8-9,17H2,1-2H3,(H,18,20). The van der Waals surface area contributed by atoms with E-state index in [1.165, 1.54) is 31.0 Å². The lowest BCUT2D eigenvalue weighted by molar-refractivity contribution is -0.117. The van der Waals surface area contributed by atoms with Crippen molar-refractivity contribution in [2.45, 2.75) is 32.7 Å². The maximum atomic E-state index is 13.0. The van der Waals surface area contributed by atoms with Crippen LogP contribution in [0.1, 0.15) is 26.7 Å². The maximum absolute atomic E-state index is 13.0. The first-order valence-corrected chi connectivity index (χ1v) is 7.04. The van der Waals surface area contributed by atoms with Gasteiger partial charge in [-0.3, -0.25) is 9.69 Å². The molecule has 110 valence electrons.